The van der Waals surface area contributed by atoms with Gasteiger partial charge in [-0.2, -0.15) is 0 Å². The highest BCUT2D eigenvalue weighted by molar-refractivity contribution is 8.00. The number of carbonyl (C=O) groups is 2. The van der Waals surface area contributed by atoms with Crippen molar-refractivity contribution in [2.24, 2.45) is 0 Å². The summed E-state index contributed by atoms with van der Waals surface area (Å²) < 4.78 is 1.86. The van der Waals surface area contributed by atoms with Crippen molar-refractivity contribution in [3.05, 3.63) is 90.3 Å². The summed E-state index contributed by atoms with van der Waals surface area (Å²) in [5, 5.41) is 14.5. The smallest absolute Gasteiger partial charge is 0.255 e. The van der Waals surface area contributed by atoms with E-state index in [9.17, 15) is 9.59 Å². The van der Waals surface area contributed by atoms with Crippen LogP contribution in [0.2, 0.25) is 0 Å². The lowest BCUT2D eigenvalue weighted by Gasteiger charge is -2.09. The fourth-order valence-corrected chi connectivity index (χ4v) is 4.31. The zero-order chi connectivity index (χ0) is 23.5. The summed E-state index contributed by atoms with van der Waals surface area (Å²) in [6, 6.07) is 22.1. The van der Waals surface area contributed by atoms with Gasteiger partial charge in [-0.25, -0.2) is 4.98 Å². The first-order chi connectivity index (χ1) is 16.6. The fraction of sp³-hybridized carbons (Fsp3) is 0.0800. The summed E-state index contributed by atoms with van der Waals surface area (Å²) in [4.78, 5) is 29.6. The summed E-state index contributed by atoms with van der Waals surface area (Å²) in [6.07, 6.45) is 1.64. The zero-order valence-electron chi connectivity index (χ0n) is 18.2. The van der Waals surface area contributed by atoms with Gasteiger partial charge in [0.05, 0.1) is 16.8 Å². The number of aryl methyl sites for hydroxylation is 1. The van der Waals surface area contributed by atoms with Crippen LogP contribution in [0, 0.1) is 6.92 Å². The molecule has 0 saturated carbocycles. The molecule has 0 bridgehead atoms. The van der Waals surface area contributed by atoms with Gasteiger partial charge in [-0.05, 0) is 61.0 Å². The van der Waals surface area contributed by atoms with Crippen LogP contribution in [0.15, 0.2) is 84.1 Å². The van der Waals surface area contributed by atoms with E-state index in [4.69, 9.17) is 0 Å². The first-order valence-corrected chi connectivity index (χ1v) is 11.5. The summed E-state index contributed by atoms with van der Waals surface area (Å²) in [5.41, 5.74) is 5.24. The van der Waals surface area contributed by atoms with Crippen LogP contribution in [0.1, 0.15) is 15.9 Å². The van der Waals surface area contributed by atoms with Gasteiger partial charge < -0.3 is 10.6 Å². The van der Waals surface area contributed by atoms with Crippen LogP contribution in [0.3, 0.4) is 0 Å². The second kappa shape index (κ2) is 9.32. The summed E-state index contributed by atoms with van der Waals surface area (Å²) in [5.74, 6) is -0.239. The molecule has 0 unspecified atom stereocenters. The molecule has 34 heavy (non-hydrogen) atoms. The Kier molecular flexibility index (Phi) is 5.92. The van der Waals surface area contributed by atoms with E-state index in [2.05, 4.69) is 25.8 Å². The molecule has 0 atom stereocenters. The summed E-state index contributed by atoms with van der Waals surface area (Å²) in [6.45, 7) is 1.97. The van der Waals surface area contributed by atoms with Crippen LogP contribution in [0.4, 0.5) is 11.4 Å². The van der Waals surface area contributed by atoms with E-state index in [0.29, 0.717) is 21.9 Å². The number of carbonyl (C=O) groups excluding carboxylic acids is 2. The van der Waals surface area contributed by atoms with Gasteiger partial charge in [0.25, 0.3) is 5.91 Å². The largest absolute Gasteiger partial charge is 0.325 e. The van der Waals surface area contributed by atoms with E-state index < -0.39 is 0 Å². The van der Waals surface area contributed by atoms with Crippen molar-refractivity contribution < 1.29 is 9.59 Å². The number of rotatable bonds is 6. The Labute approximate surface area is 199 Å². The Morgan fingerprint density at radius 2 is 1.76 bits per heavy atom. The number of thioether (sulfide) groups is 1. The van der Waals surface area contributed by atoms with Crippen LogP contribution in [0.5, 0.6) is 0 Å². The average Bonchev–Trinajstić information content (AvgIpc) is 3.34. The van der Waals surface area contributed by atoms with E-state index in [-0.39, 0.29) is 17.6 Å². The van der Waals surface area contributed by atoms with Crippen LogP contribution in [-0.4, -0.2) is 37.1 Å². The topological polar surface area (TPSA) is 101 Å². The molecule has 2 aromatic heterocycles. The summed E-state index contributed by atoms with van der Waals surface area (Å²) >= 11 is 1.30. The van der Waals surface area contributed by atoms with E-state index >= 15 is 0 Å². The van der Waals surface area contributed by atoms with Crippen molar-refractivity contribution in [3.63, 3.8) is 0 Å². The maximum Gasteiger partial charge on any atom is 0.255 e. The highest BCUT2D eigenvalue weighted by Gasteiger charge is 2.13. The molecular formula is C25H20N6O2S. The third kappa shape index (κ3) is 4.60. The van der Waals surface area contributed by atoms with E-state index in [1.165, 1.54) is 11.8 Å². The molecule has 9 heteroatoms. The van der Waals surface area contributed by atoms with Gasteiger partial charge in [0.15, 0.2) is 5.65 Å². The molecule has 5 rings (SSSR count). The maximum absolute atomic E-state index is 12.5. The lowest BCUT2D eigenvalue weighted by atomic mass is 10.1. The third-order valence-corrected chi connectivity index (χ3v) is 6.10. The van der Waals surface area contributed by atoms with Gasteiger partial charge in [0.1, 0.15) is 11.4 Å². The Hall–Kier alpha value is -4.24. The number of aromatic nitrogens is 4. The molecule has 168 valence electrons. The predicted octanol–water partition coefficient (Wildman–Crippen LogP) is 4.57. The highest BCUT2D eigenvalue weighted by atomic mass is 32.2. The van der Waals surface area contributed by atoms with Crippen molar-refractivity contribution >= 4 is 51.6 Å². The fourth-order valence-electron chi connectivity index (χ4n) is 3.54. The van der Waals surface area contributed by atoms with Gasteiger partial charge in [0, 0.05) is 16.9 Å². The first-order valence-electron chi connectivity index (χ1n) is 10.6. The standard InChI is InChI=1S/C25H20N6O2S/c1-16-5-4-6-19(13-16)28-24(33)17-9-11-18(12-10-17)27-22(32)14-34-25-23-30-26-15-31(23)21-8-3-2-7-20(21)29-25/h2-13,15H,14H2,1H3,(H,27,32)(H,28,33). The number of benzene rings is 3. The van der Waals surface area contributed by atoms with Crippen LogP contribution >= 0.6 is 11.8 Å². The van der Waals surface area contributed by atoms with Crippen LogP contribution < -0.4 is 10.6 Å². The molecule has 5 aromatic rings. The lowest BCUT2D eigenvalue weighted by molar-refractivity contribution is -0.113. The lowest BCUT2D eigenvalue weighted by Crippen LogP contribution is -2.15. The number of nitrogens with one attached hydrogen (secondary N) is 2. The number of nitrogens with zero attached hydrogens (tertiary/aromatic N) is 4. The Morgan fingerprint density at radius 3 is 2.59 bits per heavy atom. The molecule has 0 saturated heterocycles. The average molecular weight is 469 g/mol. The normalized spacial score (nSPS) is 11.0. The predicted molar refractivity (Wildman–Crippen MR) is 133 cm³/mol. The van der Waals surface area contributed by atoms with E-state index in [1.807, 2.05) is 59.9 Å². The second-order valence-corrected chi connectivity index (χ2v) is 8.63. The molecular weight excluding hydrogens is 448 g/mol. The van der Waals surface area contributed by atoms with Crippen LogP contribution in [-0.2, 0) is 4.79 Å². The van der Waals surface area contributed by atoms with E-state index in [1.54, 1.807) is 30.6 Å². The number of hydrogen-bond acceptors (Lipinski definition) is 6. The van der Waals surface area contributed by atoms with Gasteiger partial charge in [-0.1, -0.05) is 36.0 Å². The SMILES string of the molecule is Cc1cccc(NC(=O)c2ccc(NC(=O)CSc3nc4ccccc4n4cnnc34)cc2)c1. The minimum Gasteiger partial charge on any atom is -0.325 e. The third-order valence-electron chi connectivity index (χ3n) is 5.15. The zero-order valence-corrected chi connectivity index (χ0v) is 19.0. The van der Waals surface area contributed by atoms with Crippen molar-refractivity contribution in [3.8, 4) is 0 Å². The Bertz CT molecular complexity index is 1510. The number of amides is 2. The van der Waals surface area contributed by atoms with Gasteiger partial charge in [-0.3, -0.25) is 14.0 Å². The Morgan fingerprint density at radius 1 is 0.941 bits per heavy atom. The minimum absolute atomic E-state index is 0.156. The van der Waals surface area contributed by atoms with Gasteiger partial charge >= 0.3 is 0 Å². The quantitative estimate of drug-likeness (QED) is 0.354. The van der Waals surface area contributed by atoms with Crippen LogP contribution in [0.25, 0.3) is 16.7 Å². The molecule has 2 heterocycles. The molecule has 2 amide bonds. The number of anilines is 2. The molecule has 0 spiro atoms. The monoisotopic (exact) mass is 468 g/mol. The van der Waals surface area contributed by atoms with Gasteiger partial charge in [-0.15, -0.1) is 10.2 Å². The maximum atomic E-state index is 12.5. The molecule has 0 aliphatic carbocycles. The molecule has 0 aliphatic heterocycles. The first kappa shape index (κ1) is 21.6. The molecule has 0 fully saturated rings. The second-order valence-electron chi connectivity index (χ2n) is 7.67. The molecule has 8 nitrogen and oxygen atoms in total. The molecule has 0 aliphatic rings. The van der Waals surface area contributed by atoms with Crippen molar-refractivity contribution in [1.29, 1.82) is 0 Å². The Balaban J connectivity index is 1.22. The van der Waals surface area contributed by atoms with Crippen molar-refractivity contribution in [2.75, 3.05) is 16.4 Å². The number of fused-ring (bicyclic) bond motifs is 3. The molecule has 2 N–H and O–H groups in total. The molecule has 0 radical (unpaired) electrons. The van der Waals surface area contributed by atoms with E-state index in [0.717, 1.165) is 22.3 Å². The molecule has 3 aromatic carbocycles. The van der Waals surface area contributed by atoms with Crippen molar-refractivity contribution in [1.82, 2.24) is 19.6 Å². The minimum atomic E-state index is -0.210. The van der Waals surface area contributed by atoms with Crippen molar-refractivity contribution in [2.45, 2.75) is 11.9 Å². The van der Waals surface area contributed by atoms with Gasteiger partial charge in [0.2, 0.25) is 5.91 Å². The number of hydrogen-bond donors (Lipinski definition) is 2. The highest BCUT2D eigenvalue weighted by Crippen LogP contribution is 2.24. The summed E-state index contributed by atoms with van der Waals surface area (Å²) in [7, 11) is 0. The number of para-hydroxylation sites is 2.